The summed E-state index contributed by atoms with van der Waals surface area (Å²) in [6, 6.07) is 33.3. The summed E-state index contributed by atoms with van der Waals surface area (Å²) >= 11 is 0. The zero-order chi connectivity index (χ0) is 23.2. The molecule has 0 aliphatic heterocycles. The van der Waals surface area contributed by atoms with E-state index >= 15 is 0 Å². The van der Waals surface area contributed by atoms with Gasteiger partial charge in [-0.3, -0.25) is 9.59 Å². The molecule has 3 aliphatic rings. The normalized spacial score (nSPS) is 28.1. The van der Waals surface area contributed by atoms with Gasteiger partial charge >= 0.3 is 0 Å². The van der Waals surface area contributed by atoms with Gasteiger partial charge in [0.25, 0.3) is 0 Å². The zero-order valence-corrected chi connectivity index (χ0v) is 19.2. The lowest BCUT2D eigenvalue weighted by Crippen LogP contribution is -2.70. The second-order valence-electron chi connectivity index (χ2n) is 10.1. The van der Waals surface area contributed by atoms with Gasteiger partial charge in [0.1, 0.15) is 0 Å². The minimum absolute atomic E-state index is 0.102. The van der Waals surface area contributed by atoms with E-state index in [1.807, 2.05) is 36.4 Å². The Hall–Kier alpha value is -3.78. The minimum Gasteiger partial charge on any atom is -0.294 e. The lowest BCUT2D eigenvalue weighted by Gasteiger charge is -2.64. The Kier molecular flexibility index (Phi) is 3.71. The Morgan fingerprint density at radius 2 is 0.853 bits per heavy atom. The molecular weight excluding hydrogens is 416 g/mol. The Morgan fingerprint density at radius 3 is 1.24 bits per heavy atom. The van der Waals surface area contributed by atoms with Gasteiger partial charge in [-0.1, -0.05) is 108 Å². The Morgan fingerprint density at radius 1 is 0.500 bits per heavy atom. The number of hydrogen-bond acceptors (Lipinski definition) is 2. The molecule has 0 heterocycles. The molecule has 0 bridgehead atoms. The Balaban J connectivity index is 1.68. The predicted molar refractivity (Wildman–Crippen MR) is 132 cm³/mol. The van der Waals surface area contributed by atoms with Crippen LogP contribution < -0.4 is 0 Å². The number of carbonyl (C=O) groups is 2. The number of benzene rings is 4. The zero-order valence-electron chi connectivity index (χ0n) is 19.2. The van der Waals surface area contributed by atoms with Gasteiger partial charge < -0.3 is 0 Å². The molecule has 0 spiro atoms. The highest BCUT2D eigenvalue weighted by Gasteiger charge is 2.82. The molecule has 7 rings (SSSR count). The quantitative estimate of drug-likeness (QED) is 0.371. The van der Waals surface area contributed by atoms with E-state index in [2.05, 4.69) is 74.5 Å². The first-order valence-electron chi connectivity index (χ1n) is 11.9. The topological polar surface area (TPSA) is 34.1 Å². The van der Waals surface area contributed by atoms with E-state index in [1.165, 1.54) is 11.1 Å². The van der Waals surface area contributed by atoms with Crippen molar-refractivity contribution in [2.24, 2.45) is 11.8 Å². The van der Waals surface area contributed by atoms with Crippen LogP contribution in [-0.2, 0) is 10.8 Å². The average molecular weight is 441 g/mol. The summed E-state index contributed by atoms with van der Waals surface area (Å²) in [4.78, 5) is 28.0. The molecule has 3 aliphatic carbocycles. The van der Waals surface area contributed by atoms with Crippen molar-refractivity contribution in [3.63, 3.8) is 0 Å². The summed E-state index contributed by atoms with van der Waals surface area (Å²) in [5.41, 5.74) is 6.96. The van der Waals surface area contributed by atoms with Gasteiger partial charge in [-0.15, -0.1) is 0 Å². The molecule has 4 aromatic carbocycles. The summed E-state index contributed by atoms with van der Waals surface area (Å²) in [6.45, 7) is 4.17. The molecule has 2 nitrogen and oxygen atoms in total. The molecule has 0 aromatic heterocycles. The van der Waals surface area contributed by atoms with Gasteiger partial charge in [0.2, 0.25) is 0 Å². The van der Waals surface area contributed by atoms with E-state index in [-0.39, 0.29) is 11.6 Å². The lowest BCUT2D eigenvalue weighted by molar-refractivity contribution is 0.00358. The number of fused-ring (bicyclic) bond motifs is 8. The van der Waals surface area contributed by atoms with Gasteiger partial charge in [-0.2, -0.15) is 0 Å². The number of aryl methyl sites for hydroxylation is 2. The number of carbonyl (C=O) groups excluding carboxylic acids is 2. The maximum atomic E-state index is 14.0. The van der Waals surface area contributed by atoms with Crippen molar-refractivity contribution in [1.29, 1.82) is 0 Å². The van der Waals surface area contributed by atoms with Gasteiger partial charge in [-0.05, 0) is 36.1 Å². The van der Waals surface area contributed by atoms with Crippen LogP contribution in [0.3, 0.4) is 0 Å². The summed E-state index contributed by atoms with van der Waals surface area (Å²) in [5, 5.41) is 0. The maximum Gasteiger partial charge on any atom is 0.168 e. The molecule has 0 amide bonds. The average Bonchev–Trinajstić information content (AvgIpc) is 3.21. The van der Waals surface area contributed by atoms with Crippen molar-refractivity contribution in [1.82, 2.24) is 0 Å². The first-order valence-corrected chi connectivity index (χ1v) is 11.9. The van der Waals surface area contributed by atoms with Crippen LogP contribution in [0.15, 0.2) is 97.1 Å². The molecule has 4 atom stereocenters. The summed E-state index contributed by atoms with van der Waals surface area (Å²) in [7, 11) is 0. The fourth-order valence-electron chi connectivity index (χ4n) is 7.53. The van der Waals surface area contributed by atoms with Crippen LogP contribution in [-0.4, -0.2) is 11.6 Å². The SMILES string of the molecule is Cc1ccc([C@@]23c4ccccc4C(=O)[C@@H]2[C@H]2C(=O)c4ccccc4[C@]23c2ccc(C)cc2)cc1. The van der Waals surface area contributed by atoms with Crippen LogP contribution in [0.2, 0.25) is 0 Å². The first kappa shape index (κ1) is 19.7. The van der Waals surface area contributed by atoms with E-state index < -0.39 is 22.7 Å². The van der Waals surface area contributed by atoms with Crippen LogP contribution in [0.5, 0.6) is 0 Å². The highest BCUT2D eigenvalue weighted by Crippen LogP contribution is 2.77. The van der Waals surface area contributed by atoms with Crippen molar-refractivity contribution < 1.29 is 9.59 Å². The molecule has 1 fully saturated rings. The molecule has 0 saturated heterocycles. The van der Waals surface area contributed by atoms with E-state index in [9.17, 15) is 9.59 Å². The second-order valence-corrected chi connectivity index (χ2v) is 10.1. The third kappa shape index (κ3) is 1.96. The molecule has 34 heavy (non-hydrogen) atoms. The molecule has 0 N–H and O–H groups in total. The van der Waals surface area contributed by atoms with Crippen LogP contribution in [0.1, 0.15) is 54.1 Å². The predicted octanol–water partition coefficient (Wildman–Crippen LogP) is 6.21. The molecule has 0 radical (unpaired) electrons. The number of ketones is 2. The highest BCUT2D eigenvalue weighted by molar-refractivity contribution is 6.17. The summed E-state index contributed by atoms with van der Waals surface area (Å²) < 4.78 is 0. The number of hydrogen-bond donors (Lipinski definition) is 0. The van der Waals surface area contributed by atoms with E-state index in [0.29, 0.717) is 0 Å². The van der Waals surface area contributed by atoms with Crippen molar-refractivity contribution in [3.8, 4) is 0 Å². The van der Waals surface area contributed by atoms with Crippen LogP contribution in [0.25, 0.3) is 0 Å². The van der Waals surface area contributed by atoms with Gasteiger partial charge in [0.05, 0.1) is 0 Å². The third-order valence-corrected chi connectivity index (χ3v) is 8.70. The molecule has 2 heteroatoms. The number of rotatable bonds is 2. The van der Waals surface area contributed by atoms with Crippen LogP contribution in [0.4, 0.5) is 0 Å². The van der Waals surface area contributed by atoms with Gasteiger partial charge in [0.15, 0.2) is 11.6 Å². The minimum atomic E-state index is -0.628. The fraction of sp³-hybridized carbons (Fsp3) is 0.188. The molecular formula is C32H24O2. The Labute approximate surface area is 199 Å². The molecule has 1 saturated carbocycles. The molecule has 0 unspecified atom stereocenters. The van der Waals surface area contributed by atoms with Crippen molar-refractivity contribution in [2.75, 3.05) is 0 Å². The monoisotopic (exact) mass is 440 g/mol. The van der Waals surface area contributed by atoms with Gasteiger partial charge in [-0.25, -0.2) is 0 Å². The maximum absolute atomic E-state index is 14.0. The second kappa shape index (κ2) is 6.42. The number of Topliss-reactive ketones (excluding diaryl/α,β-unsaturated/α-hetero) is 2. The van der Waals surface area contributed by atoms with Crippen molar-refractivity contribution in [2.45, 2.75) is 24.7 Å². The standard InChI is InChI=1S/C32H24O2/c1-19-11-15-21(16-12-19)31-25-9-5-3-7-23(25)29(33)27(31)28-30(34)24-8-4-6-10-26(24)32(28,31)22-17-13-20(2)14-18-22/h3-18,27-28H,1-2H3/t27-,28-,31+,32+/m0/s1. The van der Waals surface area contributed by atoms with Crippen molar-refractivity contribution in [3.05, 3.63) is 142 Å². The fourth-order valence-corrected chi connectivity index (χ4v) is 7.53. The molecule has 4 aromatic rings. The summed E-state index contributed by atoms with van der Waals surface area (Å²) in [5.74, 6) is -0.613. The lowest BCUT2D eigenvalue weighted by atomic mass is 9.34. The smallest absolute Gasteiger partial charge is 0.168 e. The summed E-state index contributed by atoms with van der Waals surface area (Å²) in [6.07, 6.45) is 0. The third-order valence-electron chi connectivity index (χ3n) is 8.70. The largest absolute Gasteiger partial charge is 0.294 e. The van der Waals surface area contributed by atoms with E-state index in [4.69, 9.17) is 0 Å². The van der Waals surface area contributed by atoms with Crippen molar-refractivity contribution >= 4 is 11.6 Å². The molecule has 164 valence electrons. The highest BCUT2D eigenvalue weighted by atomic mass is 16.1. The van der Waals surface area contributed by atoms with E-state index in [1.54, 1.807) is 0 Å². The van der Waals surface area contributed by atoms with Crippen LogP contribution in [0, 0.1) is 25.7 Å². The first-order chi connectivity index (χ1) is 16.5. The Bertz CT molecular complexity index is 1390. The van der Waals surface area contributed by atoms with E-state index in [0.717, 1.165) is 33.4 Å². The van der Waals surface area contributed by atoms with Crippen LogP contribution >= 0.6 is 0 Å². The van der Waals surface area contributed by atoms with Gasteiger partial charge in [0, 0.05) is 33.8 Å².